The van der Waals surface area contributed by atoms with E-state index < -0.39 is 10.0 Å². The number of carbonyl (C=O) groups excluding carboxylic acids is 1. The molecular formula is C24H32N2O6S. The van der Waals surface area contributed by atoms with Crippen LogP contribution in [0.2, 0.25) is 0 Å². The van der Waals surface area contributed by atoms with Crippen molar-refractivity contribution in [3.05, 3.63) is 48.0 Å². The highest BCUT2D eigenvalue weighted by molar-refractivity contribution is 7.89. The molecule has 180 valence electrons. The average molecular weight is 477 g/mol. The second-order valence-corrected chi connectivity index (χ2v) is 9.71. The summed E-state index contributed by atoms with van der Waals surface area (Å²) in [6.07, 6.45) is 2.68. The molecule has 0 atom stereocenters. The summed E-state index contributed by atoms with van der Waals surface area (Å²) in [5, 5.41) is 2.90. The fourth-order valence-electron chi connectivity index (χ4n) is 3.42. The van der Waals surface area contributed by atoms with Crippen molar-refractivity contribution < 1.29 is 27.4 Å². The van der Waals surface area contributed by atoms with Crippen molar-refractivity contribution >= 4 is 21.6 Å². The molecule has 0 saturated carbocycles. The lowest BCUT2D eigenvalue weighted by Gasteiger charge is -2.26. The van der Waals surface area contributed by atoms with E-state index in [-0.39, 0.29) is 17.2 Å². The Morgan fingerprint density at radius 3 is 2.52 bits per heavy atom. The molecule has 0 aliphatic carbocycles. The lowest BCUT2D eigenvalue weighted by Crippen LogP contribution is -2.40. The van der Waals surface area contributed by atoms with Gasteiger partial charge in [0.2, 0.25) is 15.9 Å². The number of hydrogen-bond acceptors (Lipinski definition) is 6. The Balaban J connectivity index is 1.58. The highest BCUT2D eigenvalue weighted by Crippen LogP contribution is 2.29. The van der Waals surface area contributed by atoms with Gasteiger partial charge in [0.05, 0.1) is 37.5 Å². The van der Waals surface area contributed by atoms with E-state index in [9.17, 15) is 13.2 Å². The number of ether oxygens (including phenoxy) is 3. The molecule has 0 radical (unpaired) electrons. The van der Waals surface area contributed by atoms with E-state index >= 15 is 0 Å². The van der Waals surface area contributed by atoms with Crippen LogP contribution in [0.25, 0.3) is 0 Å². The number of morpholine rings is 1. The van der Waals surface area contributed by atoms with Crippen LogP contribution in [0.15, 0.2) is 47.4 Å². The van der Waals surface area contributed by atoms with E-state index in [1.807, 2.05) is 0 Å². The first-order valence-electron chi connectivity index (χ1n) is 11.2. The zero-order valence-corrected chi connectivity index (χ0v) is 20.0. The van der Waals surface area contributed by atoms with Gasteiger partial charge in [-0.2, -0.15) is 4.31 Å². The van der Waals surface area contributed by atoms with Crippen LogP contribution in [0.5, 0.6) is 11.5 Å². The molecule has 1 N–H and O–H groups in total. The van der Waals surface area contributed by atoms with E-state index in [4.69, 9.17) is 14.2 Å². The first kappa shape index (κ1) is 25.0. The largest absolute Gasteiger partial charge is 0.497 e. The second-order valence-electron chi connectivity index (χ2n) is 7.77. The van der Waals surface area contributed by atoms with E-state index in [2.05, 4.69) is 12.2 Å². The molecule has 8 nitrogen and oxygen atoms in total. The van der Waals surface area contributed by atoms with Crippen LogP contribution in [0, 0.1) is 0 Å². The lowest BCUT2D eigenvalue weighted by atomic mass is 10.1. The van der Waals surface area contributed by atoms with Gasteiger partial charge in [0, 0.05) is 25.6 Å². The SMILES string of the molecule is CCCCOc1ccc(OC)cc1NC(=O)CCc1ccc(S(=O)(=O)N2CCOCC2)cc1. The van der Waals surface area contributed by atoms with Gasteiger partial charge in [0.25, 0.3) is 0 Å². The topological polar surface area (TPSA) is 94.2 Å². The van der Waals surface area contributed by atoms with E-state index in [0.29, 0.717) is 56.5 Å². The minimum Gasteiger partial charge on any atom is -0.497 e. The van der Waals surface area contributed by atoms with Crippen molar-refractivity contribution in [1.82, 2.24) is 4.31 Å². The van der Waals surface area contributed by atoms with Crippen molar-refractivity contribution in [2.45, 2.75) is 37.5 Å². The van der Waals surface area contributed by atoms with Gasteiger partial charge >= 0.3 is 0 Å². The number of methoxy groups -OCH3 is 1. The summed E-state index contributed by atoms with van der Waals surface area (Å²) in [6.45, 7) is 4.20. The van der Waals surface area contributed by atoms with Crippen molar-refractivity contribution in [3.8, 4) is 11.5 Å². The van der Waals surface area contributed by atoms with Gasteiger partial charge in [-0.05, 0) is 42.7 Å². The molecule has 1 saturated heterocycles. The fourth-order valence-corrected chi connectivity index (χ4v) is 4.83. The maximum Gasteiger partial charge on any atom is 0.243 e. The second kappa shape index (κ2) is 12.0. The molecule has 33 heavy (non-hydrogen) atoms. The molecule has 0 aromatic heterocycles. The molecule has 0 spiro atoms. The molecule has 0 bridgehead atoms. The van der Waals surface area contributed by atoms with Gasteiger partial charge in [0.15, 0.2) is 0 Å². The van der Waals surface area contributed by atoms with E-state index in [0.717, 1.165) is 18.4 Å². The molecular weight excluding hydrogens is 444 g/mol. The number of nitrogens with one attached hydrogen (secondary N) is 1. The molecule has 2 aromatic rings. The predicted octanol–water partition coefficient (Wildman–Crippen LogP) is 3.47. The first-order chi connectivity index (χ1) is 15.9. The summed E-state index contributed by atoms with van der Waals surface area (Å²) in [6, 6.07) is 12.0. The number of benzene rings is 2. The third kappa shape index (κ3) is 6.93. The van der Waals surface area contributed by atoms with Gasteiger partial charge in [0.1, 0.15) is 11.5 Å². The first-order valence-corrected chi connectivity index (χ1v) is 12.7. The van der Waals surface area contributed by atoms with Crippen molar-refractivity contribution in [1.29, 1.82) is 0 Å². The van der Waals surface area contributed by atoms with E-state index in [1.54, 1.807) is 49.6 Å². The highest BCUT2D eigenvalue weighted by Gasteiger charge is 2.26. The minimum absolute atomic E-state index is 0.159. The Labute approximate surface area is 195 Å². The monoisotopic (exact) mass is 476 g/mol. The van der Waals surface area contributed by atoms with Gasteiger partial charge in [-0.25, -0.2) is 8.42 Å². The lowest BCUT2D eigenvalue weighted by molar-refractivity contribution is -0.116. The van der Waals surface area contributed by atoms with Gasteiger partial charge < -0.3 is 19.5 Å². The number of hydrogen-bond donors (Lipinski definition) is 1. The number of carbonyl (C=O) groups is 1. The zero-order chi connectivity index (χ0) is 23.7. The Bertz CT molecular complexity index is 1020. The van der Waals surface area contributed by atoms with Crippen molar-refractivity contribution in [3.63, 3.8) is 0 Å². The number of unbranched alkanes of at least 4 members (excludes halogenated alkanes) is 1. The number of nitrogens with zero attached hydrogens (tertiary/aromatic N) is 1. The molecule has 1 heterocycles. The van der Waals surface area contributed by atoms with Crippen LogP contribution in [0.4, 0.5) is 5.69 Å². The van der Waals surface area contributed by atoms with Crippen LogP contribution in [0.1, 0.15) is 31.7 Å². The van der Waals surface area contributed by atoms with Gasteiger partial charge in [-0.15, -0.1) is 0 Å². The normalized spacial score (nSPS) is 14.6. The van der Waals surface area contributed by atoms with Crippen LogP contribution in [-0.2, 0) is 26.0 Å². The van der Waals surface area contributed by atoms with E-state index in [1.165, 1.54) is 4.31 Å². The number of anilines is 1. The number of amides is 1. The molecule has 9 heteroatoms. The number of sulfonamides is 1. The van der Waals surface area contributed by atoms with Gasteiger partial charge in [-0.1, -0.05) is 25.5 Å². The summed E-state index contributed by atoms with van der Waals surface area (Å²) >= 11 is 0. The van der Waals surface area contributed by atoms with Crippen molar-refractivity contribution in [2.24, 2.45) is 0 Å². The summed E-state index contributed by atoms with van der Waals surface area (Å²) < 4.78 is 43.2. The quantitative estimate of drug-likeness (QED) is 0.499. The highest BCUT2D eigenvalue weighted by atomic mass is 32.2. The van der Waals surface area contributed by atoms with Crippen LogP contribution in [0.3, 0.4) is 0 Å². The molecule has 0 unspecified atom stereocenters. The summed E-state index contributed by atoms with van der Waals surface area (Å²) in [7, 11) is -1.95. The maximum atomic E-state index is 12.7. The fraction of sp³-hybridized carbons (Fsp3) is 0.458. The molecule has 2 aromatic carbocycles. The molecule has 1 fully saturated rings. The number of rotatable bonds is 11. The van der Waals surface area contributed by atoms with Crippen LogP contribution in [-0.4, -0.2) is 58.7 Å². The number of aryl methyl sites for hydroxylation is 1. The molecule has 1 aliphatic rings. The Morgan fingerprint density at radius 1 is 1.12 bits per heavy atom. The summed E-state index contributed by atoms with van der Waals surface area (Å²) in [4.78, 5) is 12.8. The minimum atomic E-state index is -3.52. The molecule has 1 aliphatic heterocycles. The molecule has 3 rings (SSSR count). The molecule has 1 amide bonds. The average Bonchev–Trinajstić information content (AvgIpc) is 2.84. The Hall–Kier alpha value is -2.62. The summed E-state index contributed by atoms with van der Waals surface area (Å²) in [5.74, 6) is 1.08. The third-order valence-corrected chi connectivity index (χ3v) is 7.30. The predicted molar refractivity (Wildman–Crippen MR) is 126 cm³/mol. The Kier molecular flexibility index (Phi) is 9.11. The zero-order valence-electron chi connectivity index (χ0n) is 19.2. The Morgan fingerprint density at radius 2 is 1.85 bits per heavy atom. The van der Waals surface area contributed by atoms with Crippen LogP contribution >= 0.6 is 0 Å². The van der Waals surface area contributed by atoms with Gasteiger partial charge in [-0.3, -0.25) is 4.79 Å². The standard InChI is InChI=1S/C24H32N2O6S/c1-3-4-15-32-23-11-8-20(30-2)18-22(23)25-24(27)12-7-19-5-9-21(10-6-19)33(28,29)26-13-16-31-17-14-26/h5-6,8-11,18H,3-4,7,12-17H2,1-2H3,(H,25,27). The smallest absolute Gasteiger partial charge is 0.243 e. The maximum absolute atomic E-state index is 12.7. The van der Waals surface area contributed by atoms with Crippen molar-refractivity contribution in [2.75, 3.05) is 45.3 Å². The summed E-state index contributed by atoms with van der Waals surface area (Å²) in [5.41, 5.74) is 1.46. The van der Waals surface area contributed by atoms with Crippen LogP contribution < -0.4 is 14.8 Å². The third-order valence-electron chi connectivity index (χ3n) is 5.39.